The standard InChI is InChI=1S/C44H44Br2N4O6/c1-3-23-53-25-21-39(51)55-29-9-5-27(6-10-29)41-31-13-17-35(47-31)43(45)37-19-15-33(49-37)42(34-16-20-38(50-34)44(46)36-18-14-32(41)48-36)28-7-11-30(12-8-28)56-40(52)22-26-54-24-4-2/h5-20,39-40,47,50-52H,3-4,21-26H2,1-2H3. The summed E-state index contributed by atoms with van der Waals surface area (Å²) in [6.07, 6.45) is 8.71. The third-order valence-electron chi connectivity index (χ3n) is 9.17. The Bertz CT molecular complexity index is 2200. The van der Waals surface area contributed by atoms with Gasteiger partial charge in [0.1, 0.15) is 11.5 Å². The van der Waals surface area contributed by atoms with E-state index in [0.29, 0.717) is 50.8 Å². The smallest absolute Gasteiger partial charge is 0.199 e. The number of halogens is 2. The number of aliphatic hydroxyl groups excluding tert-OH is 2. The van der Waals surface area contributed by atoms with E-state index in [0.717, 1.165) is 88.9 Å². The number of nitrogens with zero attached hydrogens (tertiary/aromatic N) is 2. The number of benzene rings is 2. The molecule has 2 aliphatic heterocycles. The number of H-pyrrole nitrogens is 2. The van der Waals surface area contributed by atoms with Crippen molar-refractivity contribution in [2.24, 2.45) is 0 Å². The summed E-state index contributed by atoms with van der Waals surface area (Å²) in [5.41, 5.74) is 10.2. The highest BCUT2D eigenvalue weighted by atomic mass is 79.9. The zero-order chi connectivity index (χ0) is 39.0. The van der Waals surface area contributed by atoms with Crippen LogP contribution in [-0.4, -0.2) is 69.2 Å². The lowest BCUT2D eigenvalue weighted by molar-refractivity contribution is -0.0418. The summed E-state index contributed by atoms with van der Waals surface area (Å²) in [7, 11) is 0. The van der Waals surface area contributed by atoms with Gasteiger partial charge in [-0.25, -0.2) is 9.97 Å². The van der Waals surface area contributed by atoms with Crippen LogP contribution in [0.2, 0.25) is 0 Å². The van der Waals surface area contributed by atoms with Gasteiger partial charge in [-0.15, -0.1) is 0 Å². The summed E-state index contributed by atoms with van der Waals surface area (Å²) in [5.74, 6) is 1.12. The van der Waals surface area contributed by atoms with Crippen molar-refractivity contribution in [1.82, 2.24) is 19.9 Å². The van der Waals surface area contributed by atoms with Crippen molar-refractivity contribution in [3.8, 4) is 33.8 Å². The molecular weight excluding hydrogens is 840 g/mol. The van der Waals surface area contributed by atoms with Gasteiger partial charge in [0, 0.05) is 48.2 Å². The molecule has 2 aromatic carbocycles. The van der Waals surface area contributed by atoms with Gasteiger partial charge in [0.15, 0.2) is 12.6 Å². The number of aromatic nitrogens is 4. The van der Waals surface area contributed by atoms with Crippen molar-refractivity contribution < 1.29 is 29.2 Å². The van der Waals surface area contributed by atoms with Gasteiger partial charge in [-0.3, -0.25) is 0 Å². The quantitative estimate of drug-likeness (QED) is 0.0557. The second kappa shape index (κ2) is 18.6. The lowest BCUT2D eigenvalue weighted by Crippen LogP contribution is -2.18. The predicted molar refractivity (Wildman–Crippen MR) is 230 cm³/mol. The van der Waals surface area contributed by atoms with Crippen LogP contribution in [0.3, 0.4) is 0 Å². The van der Waals surface area contributed by atoms with Crippen LogP contribution in [0.4, 0.5) is 0 Å². The van der Waals surface area contributed by atoms with Gasteiger partial charge in [-0.2, -0.15) is 0 Å². The van der Waals surface area contributed by atoms with Crippen molar-refractivity contribution in [1.29, 1.82) is 0 Å². The van der Waals surface area contributed by atoms with E-state index in [4.69, 9.17) is 28.9 Å². The summed E-state index contributed by atoms with van der Waals surface area (Å²) >= 11 is 7.70. The van der Waals surface area contributed by atoms with E-state index < -0.39 is 12.6 Å². The molecule has 10 nitrogen and oxygen atoms in total. The van der Waals surface area contributed by atoms with Crippen LogP contribution in [0.25, 0.3) is 68.6 Å². The Morgan fingerprint density at radius 1 is 0.518 bits per heavy atom. The highest BCUT2D eigenvalue weighted by molar-refractivity contribution is 9.11. The Balaban J connectivity index is 1.28. The summed E-state index contributed by atoms with van der Waals surface area (Å²) in [4.78, 5) is 17.4. The fraction of sp³-hybridized carbons (Fsp3) is 0.273. The third kappa shape index (κ3) is 9.34. The number of rotatable bonds is 16. The van der Waals surface area contributed by atoms with Crippen molar-refractivity contribution in [2.75, 3.05) is 26.4 Å². The first-order valence-electron chi connectivity index (χ1n) is 18.8. The third-order valence-corrected chi connectivity index (χ3v) is 10.8. The molecule has 12 heteroatoms. The van der Waals surface area contributed by atoms with Crippen LogP contribution in [0, 0.1) is 0 Å². The zero-order valence-corrected chi connectivity index (χ0v) is 34.4. The van der Waals surface area contributed by atoms with Crippen molar-refractivity contribution in [3.63, 3.8) is 0 Å². The highest BCUT2D eigenvalue weighted by Gasteiger charge is 2.17. The second-order valence-electron chi connectivity index (χ2n) is 13.4. The van der Waals surface area contributed by atoms with Crippen LogP contribution in [0.15, 0.2) is 81.7 Å². The predicted octanol–water partition coefficient (Wildman–Crippen LogP) is 10.5. The van der Waals surface area contributed by atoms with E-state index in [1.165, 1.54) is 0 Å². The van der Waals surface area contributed by atoms with E-state index in [2.05, 4.69) is 41.8 Å². The maximum absolute atomic E-state index is 10.4. The van der Waals surface area contributed by atoms with Gasteiger partial charge in [0.05, 0.1) is 56.0 Å². The topological polar surface area (TPSA) is 135 Å². The van der Waals surface area contributed by atoms with Gasteiger partial charge < -0.3 is 39.1 Å². The Morgan fingerprint density at radius 3 is 1.29 bits per heavy atom. The van der Waals surface area contributed by atoms with E-state index >= 15 is 0 Å². The van der Waals surface area contributed by atoms with Gasteiger partial charge in [-0.05, 0) is 129 Å². The fourth-order valence-electron chi connectivity index (χ4n) is 6.44. The number of nitrogens with one attached hydrogen (secondary N) is 2. The molecular formula is C44H44Br2N4O6. The van der Waals surface area contributed by atoms with Gasteiger partial charge >= 0.3 is 0 Å². The van der Waals surface area contributed by atoms with Crippen molar-refractivity contribution >= 4 is 78.2 Å². The van der Waals surface area contributed by atoms with E-state index in [-0.39, 0.29) is 0 Å². The molecule has 2 unspecified atom stereocenters. The lowest BCUT2D eigenvalue weighted by atomic mass is 10.0. The highest BCUT2D eigenvalue weighted by Crippen LogP contribution is 2.37. The molecule has 0 saturated heterocycles. The first-order valence-corrected chi connectivity index (χ1v) is 20.4. The molecule has 5 aromatic rings. The minimum absolute atomic E-state index is 0.382. The molecule has 0 radical (unpaired) electrons. The molecule has 56 heavy (non-hydrogen) atoms. The maximum Gasteiger partial charge on any atom is 0.199 e. The molecule has 0 fully saturated rings. The van der Waals surface area contributed by atoms with Gasteiger partial charge in [0.25, 0.3) is 0 Å². The second-order valence-corrected chi connectivity index (χ2v) is 15.0. The minimum Gasteiger partial charge on any atom is -0.465 e. The SMILES string of the molecule is CCCOCCC(O)Oc1ccc(-c2c3nc(c(Br)c4ccc([nH]4)c(-c4ccc(OC(O)CCOCCC)cc4)c4nc(c(Br)c5ccc2[nH]5)C=C4)C=C3)cc1. The molecule has 0 aliphatic carbocycles. The number of hydrogen-bond donors (Lipinski definition) is 4. The molecule has 5 heterocycles. The molecule has 4 N–H and O–H groups in total. The largest absolute Gasteiger partial charge is 0.465 e. The molecule has 2 atom stereocenters. The fourth-order valence-corrected chi connectivity index (χ4v) is 7.34. The van der Waals surface area contributed by atoms with Crippen LogP contribution in [-0.2, 0) is 9.47 Å². The lowest BCUT2D eigenvalue weighted by Gasteiger charge is -2.14. The number of aliphatic hydroxyl groups is 2. The molecule has 3 aromatic heterocycles. The number of aromatic amines is 2. The van der Waals surface area contributed by atoms with E-state index in [1.54, 1.807) is 0 Å². The molecule has 0 spiro atoms. The van der Waals surface area contributed by atoms with Crippen LogP contribution in [0.5, 0.6) is 11.5 Å². The van der Waals surface area contributed by atoms with Crippen LogP contribution >= 0.6 is 31.9 Å². The molecule has 0 saturated carbocycles. The summed E-state index contributed by atoms with van der Waals surface area (Å²) in [6.45, 7) is 6.28. The van der Waals surface area contributed by atoms with E-state index in [1.807, 2.05) is 111 Å². The summed E-state index contributed by atoms with van der Waals surface area (Å²) < 4.78 is 24.2. The molecule has 2 aliphatic rings. The van der Waals surface area contributed by atoms with Crippen LogP contribution in [0.1, 0.15) is 62.3 Å². The Hall–Kier alpha value is -4.56. The average Bonchev–Trinajstić information content (AvgIpc) is 4.05. The van der Waals surface area contributed by atoms with Crippen LogP contribution < -0.4 is 9.47 Å². The molecule has 8 bridgehead atoms. The zero-order valence-electron chi connectivity index (χ0n) is 31.2. The van der Waals surface area contributed by atoms with Gasteiger partial charge in [0.2, 0.25) is 0 Å². The summed E-state index contributed by atoms with van der Waals surface area (Å²) in [5, 5.41) is 20.8. The Morgan fingerprint density at radius 2 is 0.893 bits per heavy atom. The summed E-state index contributed by atoms with van der Waals surface area (Å²) in [6, 6.07) is 23.4. The molecule has 0 amide bonds. The average molecular weight is 885 g/mol. The molecule has 290 valence electrons. The van der Waals surface area contributed by atoms with E-state index in [9.17, 15) is 10.2 Å². The number of fused-ring (bicyclic) bond motifs is 8. The maximum atomic E-state index is 10.4. The minimum atomic E-state index is -0.965. The number of hydrogen-bond acceptors (Lipinski definition) is 8. The normalized spacial score (nSPS) is 13.2. The monoisotopic (exact) mass is 882 g/mol. The Labute approximate surface area is 342 Å². The van der Waals surface area contributed by atoms with Crippen molar-refractivity contribution in [3.05, 3.63) is 105 Å². The first kappa shape index (κ1) is 39.7. The van der Waals surface area contributed by atoms with Crippen molar-refractivity contribution in [2.45, 2.75) is 52.1 Å². The molecule has 7 rings (SSSR count). The first-order chi connectivity index (χ1) is 27.3. The number of ether oxygens (including phenoxy) is 4. The van der Waals surface area contributed by atoms with Gasteiger partial charge in [-0.1, -0.05) is 38.1 Å². The Kier molecular flexibility index (Phi) is 13.2.